The molecule has 0 bridgehead atoms. The van der Waals surface area contributed by atoms with Gasteiger partial charge in [0.2, 0.25) is 5.91 Å². The normalized spacial score (nSPS) is 18.3. The van der Waals surface area contributed by atoms with Crippen LogP contribution in [0.25, 0.3) is 0 Å². The van der Waals surface area contributed by atoms with Gasteiger partial charge in [0.15, 0.2) is 0 Å². The van der Waals surface area contributed by atoms with E-state index >= 15 is 0 Å². The van der Waals surface area contributed by atoms with Crippen LogP contribution in [0.4, 0.5) is 4.79 Å². The fraction of sp³-hybridized carbons (Fsp3) is 0.730. The van der Waals surface area contributed by atoms with Gasteiger partial charge < -0.3 is 30.7 Å². The van der Waals surface area contributed by atoms with Crippen molar-refractivity contribution in [1.82, 2.24) is 10.6 Å². The Kier molecular flexibility index (Phi) is 17.2. The van der Waals surface area contributed by atoms with Gasteiger partial charge in [0.25, 0.3) is 0 Å². The van der Waals surface area contributed by atoms with Crippen molar-refractivity contribution in [1.29, 1.82) is 0 Å². The standard InChI is InChI=1S/C37H62N2O6/c1-7-8-11-20-29(24-33(41)31(22-27-16-12-9-13-17-27)39-36(44)45-37(4,5)6)35(43)38-32(23-28-18-14-10-15-19-28)34(42)30(25-40)21-26(2)3/h7,9,12-13,16-17,26,28-34,40-42H,1,8,10-11,14-15,18-25H2,2-6H3,(H,38,43)(H,39,44)/t29?,30-,31+,32+,33-,34+/m1/s1. The molecular formula is C37H62N2O6. The van der Waals surface area contributed by atoms with Crippen LogP contribution < -0.4 is 10.6 Å². The lowest BCUT2D eigenvalue weighted by Gasteiger charge is -2.35. The first-order valence-electron chi connectivity index (χ1n) is 17.2. The Balaban J connectivity index is 2.29. The minimum Gasteiger partial charge on any atom is -0.444 e. The van der Waals surface area contributed by atoms with Crippen molar-refractivity contribution >= 4 is 12.0 Å². The molecule has 1 aliphatic carbocycles. The number of rotatable bonds is 19. The van der Waals surface area contributed by atoms with E-state index in [1.54, 1.807) is 20.8 Å². The van der Waals surface area contributed by atoms with Gasteiger partial charge in [-0.25, -0.2) is 4.79 Å². The molecule has 5 N–H and O–H groups in total. The number of hydrogen-bond acceptors (Lipinski definition) is 6. The van der Waals surface area contributed by atoms with Crippen LogP contribution in [-0.4, -0.2) is 63.8 Å². The maximum atomic E-state index is 14.0. The number of nitrogens with one attached hydrogen (secondary N) is 2. The van der Waals surface area contributed by atoms with Gasteiger partial charge >= 0.3 is 6.09 Å². The summed E-state index contributed by atoms with van der Waals surface area (Å²) in [5.41, 5.74) is 0.247. The van der Waals surface area contributed by atoms with Crippen LogP contribution in [0.5, 0.6) is 0 Å². The molecule has 2 rings (SSSR count). The zero-order valence-electron chi connectivity index (χ0n) is 28.5. The maximum absolute atomic E-state index is 14.0. The highest BCUT2D eigenvalue weighted by atomic mass is 16.6. The molecule has 0 spiro atoms. The quantitative estimate of drug-likeness (QED) is 0.0900. The summed E-state index contributed by atoms with van der Waals surface area (Å²) in [6, 6.07) is 8.45. The molecule has 0 heterocycles. The summed E-state index contributed by atoms with van der Waals surface area (Å²) in [6.45, 7) is 13.2. The Labute approximate surface area is 272 Å². The second-order valence-electron chi connectivity index (χ2n) is 14.6. The molecule has 45 heavy (non-hydrogen) atoms. The minimum absolute atomic E-state index is 0.137. The van der Waals surface area contributed by atoms with E-state index < -0.39 is 41.9 Å². The Bertz CT molecular complexity index is 988. The SMILES string of the molecule is C=CCCCC(C[C@@H](O)[C@H](Cc1ccccc1)NC(=O)OC(C)(C)C)C(=O)N[C@@H](CC1CCCCC1)[C@@H](O)[C@@H](CO)CC(C)C. The van der Waals surface area contributed by atoms with E-state index in [1.807, 2.05) is 36.4 Å². The monoisotopic (exact) mass is 630 g/mol. The van der Waals surface area contributed by atoms with Crippen LogP contribution in [-0.2, 0) is 16.0 Å². The number of aliphatic hydroxyl groups is 3. The molecule has 6 atom stereocenters. The lowest BCUT2D eigenvalue weighted by molar-refractivity contribution is -0.129. The second-order valence-corrected chi connectivity index (χ2v) is 14.6. The molecule has 8 nitrogen and oxygen atoms in total. The average molecular weight is 631 g/mol. The molecule has 0 radical (unpaired) electrons. The van der Waals surface area contributed by atoms with Crippen molar-refractivity contribution in [3.63, 3.8) is 0 Å². The van der Waals surface area contributed by atoms with E-state index in [4.69, 9.17) is 4.74 Å². The predicted octanol–water partition coefficient (Wildman–Crippen LogP) is 6.32. The highest BCUT2D eigenvalue weighted by Crippen LogP contribution is 2.30. The van der Waals surface area contributed by atoms with E-state index in [0.717, 1.165) is 44.1 Å². The van der Waals surface area contributed by atoms with Crippen molar-refractivity contribution in [2.75, 3.05) is 6.61 Å². The van der Waals surface area contributed by atoms with Crippen molar-refractivity contribution < 1.29 is 29.6 Å². The zero-order chi connectivity index (χ0) is 33.4. The van der Waals surface area contributed by atoms with Crippen LogP contribution in [0.2, 0.25) is 0 Å². The van der Waals surface area contributed by atoms with Crippen molar-refractivity contribution in [3.8, 4) is 0 Å². The lowest BCUT2D eigenvalue weighted by Crippen LogP contribution is -2.51. The molecule has 1 saturated carbocycles. The number of hydrogen-bond donors (Lipinski definition) is 5. The first kappa shape index (κ1) is 38.8. The second kappa shape index (κ2) is 20.0. The zero-order valence-corrected chi connectivity index (χ0v) is 28.5. The highest BCUT2D eigenvalue weighted by Gasteiger charge is 2.35. The number of carbonyl (C=O) groups is 2. The lowest BCUT2D eigenvalue weighted by atomic mass is 9.80. The Hall–Kier alpha value is -2.42. The van der Waals surface area contributed by atoms with E-state index in [-0.39, 0.29) is 24.9 Å². The molecule has 1 aromatic carbocycles. The molecule has 256 valence electrons. The Morgan fingerprint density at radius 3 is 2.27 bits per heavy atom. The molecule has 0 saturated heterocycles. The summed E-state index contributed by atoms with van der Waals surface area (Å²) in [6.07, 6.45) is 8.80. The van der Waals surface area contributed by atoms with Crippen LogP contribution in [0.15, 0.2) is 43.0 Å². The summed E-state index contributed by atoms with van der Waals surface area (Å²) >= 11 is 0. The van der Waals surface area contributed by atoms with Gasteiger partial charge in [-0.15, -0.1) is 6.58 Å². The summed E-state index contributed by atoms with van der Waals surface area (Å²) < 4.78 is 5.50. The number of amides is 2. The fourth-order valence-electron chi connectivity index (χ4n) is 6.55. The first-order chi connectivity index (χ1) is 21.3. The summed E-state index contributed by atoms with van der Waals surface area (Å²) in [4.78, 5) is 26.8. The number of carbonyl (C=O) groups excluding carboxylic acids is 2. The molecule has 0 aliphatic heterocycles. The highest BCUT2D eigenvalue weighted by molar-refractivity contribution is 5.79. The van der Waals surface area contributed by atoms with E-state index in [2.05, 4.69) is 31.1 Å². The predicted molar refractivity (Wildman–Crippen MR) is 181 cm³/mol. The third-order valence-electron chi connectivity index (χ3n) is 8.87. The molecule has 1 fully saturated rings. The molecule has 0 aromatic heterocycles. The van der Waals surface area contributed by atoms with Crippen molar-refractivity contribution in [3.05, 3.63) is 48.6 Å². The van der Waals surface area contributed by atoms with Gasteiger partial charge in [-0.3, -0.25) is 4.79 Å². The largest absolute Gasteiger partial charge is 0.444 e. The van der Waals surface area contributed by atoms with Crippen LogP contribution in [0, 0.1) is 23.7 Å². The number of ether oxygens (including phenoxy) is 1. The fourth-order valence-corrected chi connectivity index (χ4v) is 6.55. The topological polar surface area (TPSA) is 128 Å². The van der Waals surface area contributed by atoms with Gasteiger partial charge in [0, 0.05) is 18.4 Å². The molecule has 1 aliphatic rings. The van der Waals surface area contributed by atoms with Crippen LogP contribution in [0.3, 0.4) is 0 Å². The van der Waals surface area contributed by atoms with E-state index in [9.17, 15) is 24.9 Å². The van der Waals surface area contributed by atoms with Gasteiger partial charge in [0.05, 0.1) is 24.3 Å². The third-order valence-corrected chi connectivity index (χ3v) is 8.87. The smallest absolute Gasteiger partial charge is 0.407 e. The molecular weight excluding hydrogens is 568 g/mol. The summed E-state index contributed by atoms with van der Waals surface area (Å²) in [5, 5.41) is 39.3. The van der Waals surface area contributed by atoms with Crippen molar-refractivity contribution in [2.24, 2.45) is 23.7 Å². The minimum atomic E-state index is -1.02. The molecule has 1 unspecified atom stereocenters. The molecule has 1 aromatic rings. The van der Waals surface area contributed by atoms with Crippen LogP contribution >= 0.6 is 0 Å². The molecule has 8 heteroatoms. The Morgan fingerprint density at radius 1 is 1.02 bits per heavy atom. The Morgan fingerprint density at radius 2 is 1.69 bits per heavy atom. The average Bonchev–Trinajstić information content (AvgIpc) is 2.98. The third kappa shape index (κ3) is 15.1. The van der Waals surface area contributed by atoms with Crippen LogP contribution in [0.1, 0.15) is 111 Å². The maximum Gasteiger partial charge on any atom is 0.407 e. The van der Waals surface area contributed by atoms with E-state index in [0.29, 0.717) is 37.5 Å². The van der Waals surface area contributed by atoms with Gasteiger partial charge in [-0.2, -0.15) is 0 Å². The number of allylic oxidation sites excluding steroid dienone is 1. The van der Waals surface area contributed by atoms with E-state index in [1.165, 1.54) is 6.42 Å². The summed E-state index contributed by atoms with van der Waals surface area (Å²) in [5.74, 6) is -0.386. The first-order valence-corrected chi connectivity index (χ1v) is 17.2. The van der Waals surface area contributed by atoms with Crippen molar-refractivity contribution in [2.45, 2.75) is 142 Å². The van der Waals surface area contributed by atoms with Gasteiger partial charge in [-0.05, 0) is 83.1 Å². The number of aliphatic hydroxyl groups excluding tert-OH is 3. The number of benzene rings is 1. The van der Waals surface area contributed by atoms with Gasteiger partial charge in [0.1, 0.15) is 5.60 Å². The van der Waals surface area contributed by atoms with Gasteiger partial charge in [-0.1, -0.05) is 82.4 Å². The number of unbranched alkanes of at least 4 members (excludes halogenated alkanes) is 1. The number of alkyl carbamates (subject to hydrolysis) is 1. The summed E-state index contributed by atoms with van der Waals surface area (Å²) in [7, 11) is 0. The molecule has 2 amide bonds.